The minimum Gasteiger partial charge on any atom is -0.496 e. The number of hydrogen-bond acceptors (Lipinski definition) is 4. The molecule has 4 nitrogen and oxygen atoms in total. The molecule has 2 aromatic rings. The summed E-state index contributed by atoms with van der Waals surface area (Å²) in [5.41, 5.74) is 7.66. The fourth-order valence-electron chi connectivity index (χ4n) is 1.61. The number of benzene rings is 1. The zero-order valence-corrected chi connectivity index (χ0v) is 11.5. The maximum Gasteiger partial charge on any atom is 0.261 e. The first-order valence-electron chi connectivity index (χ1n) is 5.91. The van der Waals surface area contributed by atoms with E-state index < -0.39 is 0 Å². The molecule has 0 bridgehead atoms. The van der Waals surface area contributed by atoms with Crippen molar-refractivity contribution in [1.82, 2.24) is 5.32 Å². The van der Waals surface area contributed by atoms with Crippen LogP contribution in [0.1, 0.15) is 20.8 Å². The molecule has 0 saturated heterocycles. The standard InChI is InChI=1S/C14H16N2O2S/c1-18-12-6-13(19-9-12)14(17)16-8-11-4-2-10(7-15)3-5-11/h2-6,9H,7-8,15H2,1H3,(H,16,17). The number of ether oxygens (including phenoxy) is 1. The van der Waals surface area contributed by atoms with E-state index in [1.165, 1.54) is 11.3 Å². The number of methoxy groups -OCH3 is 1. The number of amides is 1. The Bertz CT molecular complexity index is 549. The van der Waals surface area contributed by atoms with Crippen LogP contribution in [0.2, 0.25) is 0 Å². The molecule has 0 aliphatic heterocycles. The highest BCUT2D eigenvalue weighted by molar-refractivity contribution is 7.12. The maximum absolute atomic E-state index is 11.9. The molecule has 0 aliphatic rings. The average molecular weight is 276 g/mol. The van der Waals surface area contributed by atoms with E-state index in [0.29, 0.717) is 23.7 Å². The van der Waals surface area contributed by atoms with Gasteiger partial charge in [-0.3, -0.25) is 4.79 Å². The summed E-state index contributed by atoms with van der Waals surface area (Å²) in [5, 5.41) is 4.69. The Balaban J connectivity index is 1.92. The molecule has 19 heavy (non-hydrogen) atoms. The Kier molecular flexibility index (Phi) is 4.54. The summed E-state index contributed by atoms with van der Waals surface area (Å²) in [7, 11) is 1.59. The lowest BCUT2D eigenvalue weighted by Gasteiger charge is -2.04. The lowest BCUT2D eigenvalue weighted by Crippen LogP contribution is -2.21. The van der Waals surface area contributed by atoms with Crippen LogP contribution in [0.5, 0.6) is 5.75 Å². The van der Waals surface area contributed by atoms with Gasteiger partial charge in [0.15, 0.2) is 0 Å². The molecule has 1 heterocycles. The topological polar surface area (TPSA) is 64.3 Å². The maximum atomic E-state index is 11.9. The molecule has 1 amide bonds. The SMILES string of the molecule is COc1csc(C(=O)NCc2ccc(CN)cc2)c1. The molecule has 0 unspecified atom stereocenters. The summed E-state index contributed by atoms with van der Waals surface area (Å²) < 4.78 is 5.05. The molecular formula is C14H16N2O2S. The van der Waals surface area contributed by atoms with E-state index in [-0.39, 0.29) is 5.91 Å². The van der Waals surface area contributed by atoms with Gasteiger partial charge in [-0.1, -0.05) is 24.3 Å². The second kappa shape index (κ2) is 6.36. The number of carbonyl (C=O) groups is 1. The highest BCUT2D eigenvalue weighted by Crippen LogP contribution is 2.20. The van der Waals surface area contributed by atoms with E-state index in [0.717, 1.165) is 11.1 Å². The van der Waals surface area contributed by atoms with E-state index in [4.69, 9.17) is 10.5 Å². The Labute approximate surface area is 116 Å². The average Bonchev–Trinajstić information content (AvgIpc) is 2.94. The molecule has 1 aromatic heterocycles. The molecule has 2 rings (SSSR count). The summed E-state index contributed by atoms with van der Waals surface area (Å²) in [6.07, 6.45) is 0. The molecule has 100 valence electrons. The van der Waals surface area contributed by atoms with E-state index in [1.54, 1.807) is 13.2 Å². The summed E-state index contributed by atoms with van der Waals surface area (Å²) in [6.45, 7) is 1.03. The van der Waals surface area contributed by atoms with Gasteiger partial charge in [0.25, 0.3) is 5.91 Å². The molecule has 1 aromatic carbocycles. The highest BCUT2D eigenvalue weighted by Gasteiger charge is 2.08. The molecule has 0 saturated carbocycles. The zero-order valence-electron chi connectivity index (χ0n) is 10.7. The van der Waals surface area contributed by atoms with Gasteiger partial charge in [0.05, 0.1) is 12.0 Å². The fraction of sp³-hybridized carbons (Fsp3) is 0.214. The van der Waals surface area contributed by atoms with Gasteiger partial charge in [-0.15, -0.1) is 11.3 Å². The number of carbonyl (C=O) groups excluding carboxylic acids is 1. The van der Waals surface area contributed by atoms with Crippen LogP contribution < -0.4 is 15.8 Å². The fourth-order valence-corrected chi connectivity index (χ4v) is 2.38. The van der Waals surface area contributed by atoms with Crippen molar-refractivity contribution in [2.45, 2.75) is 13.1 Å². The first kappa shape index (κ1) is 13.6. The van der Waals surface area contributed by atoms with Gasteiger partial charge in [0, 0.05) is 24.5 Å². The minimum atomic E-state index is -0.0869. The van der Waals surface area contributed by atoms with Crippen molar-refractivity contribution >= 4 is 17.2 Å². The van der Waals surface area contributed by atoms with Crippen molar-refractivity contribution in [3.63, 3.8) is 0 Å². The first-order chi connectivity index (χ1) is 9.22. The predicted octanol–water partition coefficient (Wildman–Crippen LogP) is 2.15. The molecule has 0 spiro atoms. The number of hydrogen-bond donors (Lipinski definition) is 2. The lowest BCUT2D eigenvalue weighted by atomic mass is 10.1. The normalized spacial score (nSPS) is 10.2. The van der Waals surface area contributed by atoms with Gasteiger partial charge in [-0.05, 0) is 11.1 Å². The number of nitrogens with two attached hydrogens (primary N) is 1. The van der Waals surface area contributed by atoms with Crippen molar-refractivity contribution in [3.05, 3.63) is 51.7 Å². The Morgan fingerprint density at radius 3 is 2.58 bits per heavy atom. The van der Waals surface area contributed by atoms with Gasteiger partial charge in [-0.2, -0.15) is 0 Å². The predicted molar refractivity (Wildman–Crippen MR) is 76.4 cm³/mol. The molecule has 0 radical (unpaired) electrons. The second-order valence-electron chi connectivity index (χ2n) is 4.05. The van der Waals surface area contributed by atoms with Crippen LogP contribution in [-0.4, -0.2) is 13.0 Å². The van der Waals surface area contributed by atoms with Crippen molar-refractivity contribution in [3.8, 4) is 5.75 Å². The summed E-state index contributed by atoms with van der Waals surface area (Å²) in [4.78, 5) is 12.5. The third-order valence-electron chi connectivity index (χ3n) is 2.75. The van der Waals surface area contributed by atoms with Crippen molar-refractivity contribution < 1.29 is 9.53 Å². The lowest BCUT2D eigenvalue weighted by molar-refractivity contribution is 0.0955. The summed E-state index contributed by atoms with van der Waals surface area (Å²) >= 11 is 1.37. The Morgan fingerprint density at radius 1 is 1.32 bits per heavy atom. The Hall–Kier alpha value is -1.85. The number of rotatable bonds is 5. The third-order valence-corrected chi connectivity index (χ3v) is 3.65. The van der Waals surface area contributed by atoms with E-state index in [2.05, 4.69) is 5.32 Å². The molecule has 0 fully saturated rings. The van der Waals surface area contributed by atoms with Crippen molar-refractivity contribution in [2.75, 3.05) is 7.11 Å². The van der Waals surface area contributed by atoms with Crippen LogP contribution in [0, 0.1) is 0 Å². The minimum absolute atomic E-state index is 0.0869. The van der Waals surface area contributed by atoms with Gasteiger partial charge < -0.3 is 15.8 Å². The van der Waals surface area contributed by atoms with Crippen LogP contribution in [0.3, 0.4) is 0 Å². The Morgan fingerprint density at radius 2 is 2.00 bits per heavy atom. The van der Waals surface area contributed by atoms with Crippen molar-refractivity contribution in [1.29, 1.82) is 0 Å². The van der Waals surface area contributed by atoms with Gasteiger partial charge in [0.1, 0.15) is 5.75 Å². The number of thiophene rings is 1. The van der Waals surface area contributed by atoms with Crippen LogP contribution in [0.25, 0.3) is 0 Å². The molecule has 0 atom stereocenters. The van der Waals surface area contributed by atoms with Crippen LogP contribution in [-0.2, 0) is 13.1 Å². The monoisotopic (exact) mass is 276 g/mol. The van der Waals surface area contributed by atoms with E-state index in [1.807, 2.05) is 29.6 Å². The summed E-state index contributed by atoms with van der Waals surface area (Å²) in [6, 6.07) is 9.61. The van der Waals surface area contributed by atoms with Gasteiger partial charge in [-0.25, -0.2) is 0 Å². The van der Waals surface area contributed by atoms with E-state index >= 15 is 0 Å². The summed E-state index contributed by atoms with van der Waals surface area (Å²) in [5.74, 6) is 0.624. The van der Waals surface area contributed by atoms with E-state index in [9.17, 15) is 4.79 Å². The first-order valence-corrected chi connectivity index (χ1v) is 6.79. The third kappa shape index (κ3) is 3.56. The molecule has 5 heteroatoms. The van der Waals surface area contributed by atoms with Crippen LogP contribution >= 0.6 is 11.3 Å². The van der Waals surface area contributed by atoms with Crippen LogP contribution in [0.15, 0.2) is 35.7 Å². The van der Waals surface area contributed by atoms with Gasteiger partial charge >= 0.3 is 0 Å². The smallest absolute Gasteiger partial charge is 0.261 e. The quantitative estimate of drug-likeness (QED) is 0.879. The van der Waals surface area contributed by atoms with Crippen molar-refractivity contribution in [2.24, 2.45) is 5.73 Å². The van der Waals surface area contributed by atoms with Gasteiger partial charge in [0.2, 0.25) is 0 Å². The molecule has 3 N–H and O–H groups in total. The zero-order chi connectivity index (χ0) is 13.7. The molecular weight excluding hydrogens is 260 g/mol. The second-order valence-corrected chi connectivity index (χ2v) is 4.97. The number of nitrogens with one attached hydrogen (secondary N) is 1. The largest absolute Gasteiger partial charge is 0.496 e. The molecule has 0 aliphatic carbocycles. The highest BCUT2D eigenvalue weighted by atomic mass is 32.1. The van der Waals surface area contributed by atoms with Crippen LogP contribution in [0.4, 0.5) is 0 Å².